The highest BCUT2D eigenvalue weighted by Crippen LogP contribution is 2.21. The molecule has 0 aromatic carbocycles. The van der Waals surface area contributed by atoms with Crippen LogP contribution in [0.5, 0.6) is 0 Å². The van der Waals surface area contributed by atoms with Crippen molar-refractivity contribution in [2.24, 2.45) is 0 Å². The summed E-state index contributed by atoms with van der Waals surface area (Å²) in [6.07, 6.45) is 7.40. The SMILES string of the molecule is CN(C(=O)Cn1nnc(-c2ccco2)n1)C1CCCCC1. The fourth-order valence-corrected chi connectivity index (χ4v) is 2.72. The molecule has 0 aliphatic heterocycles. The molecule has 0 unspecified atom stereocenters. The fraction of sp³-hybridized carbons (Fsp3) is 0.571. The highest BCUT2D eigenvalue weighted by Gasteiger charge is 2.22. The quantitative estimate of drug-likeness (QED) is 0.856. The molecule has 2 heterocycles. The molecule has 0 spiro atoms. The zero-order valence-corrected chi connectivity index (χ0v) is 12.1. The minimum absolute atomic E-state index is 0.0188. The molecule has 7 nitrogen and oxygen atoms in total. The van der Waals surface area contributed by atoms with E-state index in [2.05, 4.69) is 15.4 Å². The molecular formula is C14H19N5O2. The van der Waals surface area contributed by atoms with E-state index < -0.39 is 0 Å². The zero-order valence-electron chi connectivity index (χ0n) is 12.1. The summed E-state index contributed by atoms with van der Waals surface area (Å²) in [5.41, 5.74) is 0. The van der Waals surface area contributed by atoms with Crippen molar-refractivity contribution in [1.82, 2.24) is 25.1 Å². The van der Waals surface area contributed by atoms with Gasteiger partial charge in [0.1, 0.15) is 6.54 Å². The Balaban J connectivity index is 1.62. The molecule has 0 bridgehead atoms. The monoisotopic (exact) mass is 289 g/mol. The number of aromatic nitrogens is 4. The average Bonchev–Trinajstić information content (AvgIpc) is 3.18. The molecule has 21 heavy (non-hydrogen) atoms. The van der Waals surface area contributed by atoms with E-state index >= 15 is 0 Å². The number of rotatable bonds is 4. The summed E-state index contributed by atoms with van der Waals surface area (Å²) in [5, 5.41) is 12.0. The Labute approximate surface area is 122 Å². The molecule has 1 saturated carbocycles. The molecule has 1 aliphatic carbocycles. The summed E-state index contributed by atoms with van der Waals surface area (Å²) >= 11 is 0. The van der Waals surface area contributed by atoms with E-state index in [4.69, 9.17) is 4.42 Å². The van der Waals surface area contributed by atoms with Crippen LogP contribution < -0.4 is 0 Å². The first-order valence-corrected chi connectivity index (χ1v) is 7.31. The van der Waals surface area contributed by atoms with E-state index in [9.17, 15) is 4.79 Å². The number of carbonyl (C=O) groups is 1. The average molecular weight is 289 g/mol. The second kappa shape index (κ2) is 6.07. The van der Waals surface area contributed by atoms with Crippen LogP contribution in [0.25, 0.3) is 11.6 Å². The second-order valence-electron chi connectivity index (χ2n) is 5.42. The predicted molar refractivity (Wildman–Crippen MR) is 75.2 cm³/mol. The molecule has 3 rings (SSSR count). The maximum atomic E-state index is 12.3. The molecule has 0 saturated heterocycles. The van der Waals surface area contributed by atoms with Crippen LogP contribution in [0.4, 0.5) is 0 Å². The Hall–Kier alpha value is -2.18. The van der Waals surface area contributed by atoms with Crippen molar-refractivity contribution in [2.45, 2.75) is 44.7 Å². The Bertz CT molecular complexity index is 586. The van der Waals surface area contributed by atoms with E-state index in [0.29, 0.717) is 17.6 Å². The van der Waals surface area contributed by atoms with Crippen LogP contribution in [0, 0.1) is 0 Å². The van der Waals surface area contributed by atoms with Gasteiger partial charge in [-0.15, -0.1) is 10.2 Å². The number of hydrogen-bond acceptors (Lipinski definition) is 5. The molecule has 0 atom stereocenters. The zero-order chi connectivity index (χ0) is 14.7. The smallest absolute Gasteiger partial charge is 0.246 e. The lowest BCUT2D eigenvalue weighted by Crippen LogP contribution is -2.40. The van der Waals surface area contributed by atoms with Crippen LogP contribution >= 0.6 is 0 Å². The van der Waals surface area contributed by atoms with Gasteiger partial charge in [0, 0.05) is 13.1 Å². The third kappa shape index (κ3) is 3.12. The van der Waals surface area contributed by atoms with Crippen LogP contribution in [-0.4, -0.2) is 44.1 Å². The topological polar surface area (TPSA) is 77.0 Å². The largest absolute Gasteiger partial charge is 0.461 e. The van der Waals surface area contributed by atoms with Crippen molar-refractivity contribution >= 4 is 5.91 Å². The number of nitrogens with zero attached hydrogens (tertiary/aromatic N) is 5. The van der Waals surface area contributed by atoms with Crippen LogP contribution in [0.15, 0.2) is 22.8 Å². The van der Waals surface area contributed by atoms with E-state index in [0.717, 1.165) is 12.8 Å². The van der Waals surface area contributed by atoms with Crippen LogP contribution in [-0.2, 0) is 11.3 Å². The van der Waals surface area contributed by atoms with Crippen molar-refractivity contribution < 1.29 is 9.21 Å². The number of likely N-dealkylation sites (N-methyl/N-ethyl adjacent to an activating group) is 1. The van der Waals surface area contributed by atoms with Gasteiger partial charge in [-0.3, -0.25) is 4.79 Å². The molecule has 2 aromatic heterocycles. The highest BCUT2D eigenvalue weighted by molar-refractivity contribution is 5.75. The summed E-state index contributed by atoms with van der Waals surface area (Å²) in [4.78, 5) is 15.4. The predicted octanol–water partition coefficient (Wildman–Crippen LogP) is 1.72. The van der Waals surface area contributed by atoms with Gasteiger partial charge in [-0.2, -0.15) is 4.80 Å². The second-order valence-corrected chi connectivity index (χ2v) is 5.42. The van der Waals surface area contributed by atoms with Crippen molar-refractivity contribution in [3.63, 3.8) is 0 Å². The molecule has 2 aromatic rings. The Morgan fingerprint density at radius 1 is 1.43 bits per heavy atom. The standard InChI is InChI=1S/C14H19N5O2/c1-18(11-6-3-2-4-7-11)13(20)10-19-16-14(15-17-19)12-8-5-9-21-12/h5,8-9,11H,2-4,6-7,10H2,1H3. The number of tetrazole rings is 1. The van der Waals surface area contributed by atoms with Gasteiger partial charge in [-0.05, 0) is 30.2 Å². The lowest BCUT2D eigenvalue weighted by Gasteiger charge is -2.31. The minimum Gasteiger partial charge on any atom is -0.461 e. The first-order chi connectivity index (χ1) is 10.2. The molecule has 112 valence electrons. The highest BCUT2D eigenvalue weighted by atomic mass is 16.3. The molecule has 1 fully saturated rings. The van der Waals surface area contributed by atoms with E-state index in [1.165, 1.54) is 24.1 Å². The maximum absolute atomic E-state index is 12.3. The molecule has 0 N–H and O–H groups in total. The molecule has 0 radical (unpaired) electrons. The van der Waals surface area contributed by atoms with Gasteiger partial charge < -0.3 is 9.32 Å². The summed E-state index contributed by atoms with van der Waals surface area (Å²) < 4.78 is 5.21. The summed E-state index contributed by atoms with van der Waals surface area (Å²) in [6, 6.07) is 3.87. The summed E-state index contributed by atoms with van der Waals surface area (Å²) in [6.45, 7) is 0.112. The maximum Gasteiger partial charge on any atom is 0.246 e. The van der Waals surface area contributed by atoms with E-state index in [-0.39, 0.29) is 12.5 Å². The lowest BCUT2D eigenvalue weighted by molar-refractivity contribution is -0.133. The molecular weight excluding hydrogens is 270 g/mol. The van der Waals surface area contributed by atoms with Crippen molar-refractivity contribution in [1.29, 1.82) is 0 Å². The van der Waals surface area contributed by atoms with Crippen molar-refractivity contribution in [3.05, 3.63) is 18.4 Å². The van der Waals surface area contributed by atoms with Gasteiger partial charge in [0.25, 0.3) is 0 Å². The van der Waals surface area contributed by atoms with Crippen LogP contribution in [0.1, 0.15) is 32.1 Å². The first kappa shape index (κ1) is 13.8. The first-order valence-electron chi connectivity index (χ1n) is 7.31. The van der Waals surface area contributed by atoms with Gasteiger partial charge in [-0.1, -0.05) is 19.3 Å². The Kier molecular flexibility index (Phi) is 3.98. The number of furan rings is 1. The third-order valence-electron chi connectivity index (χ3n) is 3.99. The summed E-state index contributed by atoms with van der Waals surface area (Å²) in [7, 11) is 1.86. The van der Waals surface area contributed by atoms with Gasteiger partial charge in [0.15, 0.2) is 5.76 Å². The van der Waals surface area contributed by atoms with Gasteiger partial charge in [-0.25, -0.2) is 0 Å². The Morgan fingerprint density at radius 3 is 2.95 bits per heavy atom. The molecule has 1 aliphatic rings. The van der Waals surface area contributed by atoms with Gasteiger partial charge >= 0.3 is 0 Å². The normalized spacial score (nSPS) is 16.0. The minimum atomic E-state index is 0.0188. The van der Waals surface area contributed by atoms with Crippen molar-refractivity contribution in [2.75, 3.05) is 7.05 Å². The fourth-order valence-electron chi connectivity index (χ4n) is 2.72. The summed E-state index contributed by atoms with van der Waals surface area (Å²) in [5.74, 6) is 0.966. The van der Waals surface area contributed by atoms with E-state index in [1.54, 1.807) is 18.4 Å². The van der Waals surface area contributed by atoms with E-state index in [1.807, 2.05) is 11.9 Å². The van der Waals surface area contributed by atoms with Crippen LogP contribution in [0.3, 0.4) is 0 Å². The van der Waals surface area contributed by atoms with Gasteiger partial charge in [0.2, 0.25) is 11.7 Å². The lowest BCUT2D eigenvalue weighted by atomic mass is 9.94. The molecule has 1 amide bonds. The molecule has 7 heteroatoms. The van der Waals surface area contributed by atoms with Gasteiger partial charge in [0.05, 0.1) is 6.26 Å². The number of hydrogen-bond donors (Lipinski definition) is 0. The van der Waals surface area contributed by atoms with Crippen molar-refractivity contribution in [3.8, 4) is 11.6 Å². The Morgan fingerprint density at radius 2 is 2.24 bits per heavy atom. The third-order valence-corrected chi connectivity index (χ3v) is 3.99. The number of amides is 1. The number of carbonyl (C=O) groups excluding carboxylic acids is 1. The van der Waals surface area contributed by atoms with Crippen LogP contribution in [0.2, 0.25) is 0 Å².